The van der Waals surface area contributed by atoms with Crippen LogP contribution >= 0.6 is 11.6 Å². The molecule has 0 heterocycles. The second-order valence-corrected chi connectivity index (χ2v) is 4.50. The van der Waals surface area contributed by atoms with E-state index >= 15 is 0 Å². The molecule has 0 radical (unpaired) electrons. The van der Waals surface area contributed by atoms with E-state index in [2.05, 4.69) is 0 Å². The van der Waals surface area contributed by atoms with Crippen LogP contribution in [-0.4, -0.2) is 6.29 Å². The fourth-order valence-electron chi connectivity index (χ4n) is 1.88. The molecule has 0 saturated carbocycles. The molecular formula is C15H12ClFO. The summed E-state index contributed by atoms with van der Waals surface area (Å²) in [5.74, 6) is -0.580. The van der Waals surface area contributed by atoms with Gasteiger partial charge in [-0.15, -0.1) is 0 Å². The zero-order chi connectivity index (χ0) is 13.0. The molecule has 1 nitrogen and oxygen atoms in total. The zero-order valence-electron chi connectivity index (χ0n) is 9.64. The Labute approximate surface area is 110 Å². The van der Waals surface area contributed by atoms with E-state index in [1.54, 1.807) is 18.2 Å². The lowest BCUT2D eigenvalue weighted by Crippen LogP contribution is -2.05. The van der Waals surface area contributed by atoms with Crippen LogP contribution in [0.3, 0.4) is 0 Å². The van der Waals surface area contributed by atoms with Crippen LogP contribution in [0.5, 0.6) is 0 Å². The Morgan fingerprint density at radius 3 is 2.39 bits per heavy atom. The van der Waals surface area contributed by atoms with Gasteiger partial charge >= 0.3 is 0 Å². The highest BCUT2D eigenvalue weighted by Gasteiger charge is 2.14. The molecule has 0 spiro atoms. The van der Waals surface area contributed by atoms with E-state index in [1.807, 2.05) is 18.2 Å². The van der Waals surface area contributed by atoms with Crippen LogP contribution in [-0.2, 0) is 11.2 Å². The maximum absolute atomic E-state index is 12.8. The second-order valence-electron chi connectivity index (χ2n) is 4.09. The van der Waals surface area contributed by atoms with Crippen LogP contribution in [0.2, 0.25) is 5.02 Å². The van der Waals surface area contributed by atoms with Crippen molar-refractivity contribution in [2.24, 2.45) is 0 Å². The van der Waals surface area contributed by atoms with Gasteiger partial charge in [0.05, 0.1) is 0 Å². The molecule has 0 aliphatic heterocycles. The van der Waals surface area contributed by atoms with Gasteiger partial charge in [-0.3, -0.25) is 0 Å². The van der Waals surface area contributed by atoms with E-state index in [1.165, 1.54) is 12.1 Å². The van der Waals surface area contributed by atoms with E-state index in [4.69, 9.17) is 11.6 Å². The lowest BCUT2D eigenvalue weighted by atomic mass is 9.93. The lowest BCUT2D eigenvalue weighted by Gasteiger charge is -2.12. The third-order valence-electron chi connectivity index (χ3n) is 2.84. The summed E-state index contributed by atoms with van der Waals surface area (Å²) >= 11 is 6.07. The first-order valence-corrected chi connectivity index (χ1v) is 6.02. The quantitative estimate of drug-likeness (QED) is 0.761. The number of hydrogen-bond donors (Lipinski definition) is 0. The van der Waals surface area contributed by atoms with Crippen molar-refractivity contribution >= 4 is 17.9 Å². The van der Waals surface area contributed by atoms with Gasteiger partial charge in [-0.1, -0.05) is 41.9 Å². The molecule has 0 aliphatic carbocycles. The minimum absolute atomic E-state index is 0.279. The van der Waals surface area contributed by atoms with Gasteiger partial charge < -0.3 is 4.79 Å². The molecular weight excluding hydrogens is 251 g/mol. The number of halogens is 2. The first kappa shape index (κ1) is 12.8. The number of carbonyl (C=O) groups is 1. The Morgan fingerprint density at radius 1 is 1.11 bits per heavy atom. The molecule has 0 saturated heterocycles. The smallest absolute Gasteiger partial charge is 0.127 e. The average Bonchev–Trinajstić information content (AvgIpc) is 2.39. The topological polar surface area (TPSA) is 17.1 Å². The van der Waals surface area contributed by atoms with Crippen molar-refractivity contribution in [1.29, 1.82) is 0 Å². The van der Waals surface area contributed by atoms with Crippen LogP contribution in [0.4, 0.5) is 4.39 Å². The molecule has 1 atom stereocenters. The van der Waals surface area contributed by atoms with Gasteiger partial charge in [0, 0.05) is 10.9 Å². The first-order valence-electron chi connectivity index (χ1n) is 5.65. The molecule has 0 aliphatic rings. The molecule has 2 rings (SSSR count). The Hall–Kier alpha value is -1.67. The van der Waals surface area contributed by atoms with Gasteiger partial charge in [0.2, 0.25) is 0 Å². The van der Waals surface area contributed by atoms with Gasteiger partial charge in [-0.25, -0.2) is 4.39 Å². The molecule has 2 aromatic carbocycles. The summed E-state index contributed by atoms with van der Waals surface area (Å²) in [5.41, 5.74) is 1.71. The summed E-state index contributed by atoms with van der Waals surface area (Å²) in [5, 5.41) is 0.580. The molecule has 0 fully saturated rings. The standard InChI is InChI=1S/C15H12ClFO/c16-15-4-2-1-3-14(15)12(10-18)9-11-5-7-13(17)8-6-11/h1-8,10,12H,9H2. The summed E-state index contributed by atoms with van der Waals surface area (Å²) in [7, 11) is 0. The van der Waals surface area contributed by atoms with Gasteiger partial charge in [-0.05, 0) is 35.7 Å². The Bertz CT molecular complexity index is 536. The van der Waals surface area contributed by atoms with Crippen LogP contribution < -0.4 is 0 Å². The van der Waals surface area contributed by atoms with Gasteiger partial charge in [0.1, 0.15) is 12.1 Å². The molecule has 92 valence electrons. The predicted molar refractivity (Wildman–Crippen MR) is 70.4 cm³/mol. The molecule has 2 aromatic rings. The molecule has 1 unspecified atom stereocenters. The summed E-state index contributed by atoms with van der Waals surface area (Å²) in [4.78, 5) is 11.2. The second kappa shape index (κ2) is 5.78. The summed E-state index contributed by atoms with van der Waals surface area (Å²) in [6, 6.07) is 13.4. The summed E-state index contributed by atoms with van der Waals surface area (Å²) < 4.78 is 12.8. The molecule has 18 heavy (non-hydrogen) atoms. The van der Waals surface area contributed by atoms with E-state index < -0.39 is 0 Å². The van der Waals surface area contributed by atoms with E-state index in [-0.39, 0.29) is 11.7 Å². The largest absolute Gasteiger partial charge is 0.303 e. The third kappa shape index (κ3) is 2.96. The van der Waals surface area contributed by atoms with Crippen molar-refractivity contribution in [2.75, 3.05) is 0 Å². The van der Waals surface area contributed by atoms with E-state index in [0.29, 0.717) is 11.4 Å². The predicted octanol–water partition coefficient (Wildman–Crippen LogP) is 4.00. The molecule has 0 N–H and O–H groups in total. The van der Waals surface area contributed by atoms with Crippen LogP contribution in [0.25, 0.3) is 0 Å². The fourth-order valence-corrected chi connectivity index (χ4v) is 2.16. The number of benzene rings is 2. The zero-order valence-corrected chi connectivity index (χ0v) is 10.4. The molecule has 0 bridgehead atoms. The maximum Gasteiger partial charge on any atom is 0.127 e. The van der Waals surface area contributed by atoms with E-state index in [0.717, 1.165) is 17.4 Å². The lowest BCUT2D eigenvalue weighted by molar-refractivity contribution is -0.109. The molecule has 0 amide bonds. The monoisotopic (exact) mass is 262 g/mol. The minimum Gasteiger partial charge on any atom is -0.303 e. The first-order chi connectivity index (χ1) is 8.70. The highest BCUT2D eigenvalue weighted by molar-refractivity contribution is 6.31. The highest BCUT2D eigenvalue weighted by Crippen LogP contribution is 2.26. The van der Waals surface area contributed by atoms with Crippen molar-refractivity contribution in [3.05, 3.63) is 70.5 Å². The highest BCUT2D eigenvalue weighted by atomic mass is 35.5. The van der Waals surface area contributed by atoms with Crippen LogP contribution in [0.15, 0.2) is 48.5 Å². The average molecular weight is 263 g/mol. The number of aldehydes is 1. The normalized spacial score (nSPS) is 12.1. The van der Waals surface area contributed by atoms with Gasteiger partial charge in [-0.2, -0.15) is 0 Å². The van der Waals surface area contributed by atoms with Gasteiger partial charge in [0.25, 0.3) is 0 Å². The number of hydrogen-bond acceptors (Lipinski definition) is 1. The van der Waals surface area contributed by atoms with E-state index in [9.17, 15) is 9.18 Å². The third-order valence-corrected chi connectivity index (χ3v) is 3.18. The van der Waals surface area contributed by atoms with Crippen molar-refractivity contribution in [2.45, 2.75) is 12.3 Å². The Morgan fingerprint density at radius 2 is 1.78 bits per heavy atom. The number of rotatable bonds is 4. The van der Waals surface area contributed by atoms with Crippen LogP contribution in [0, 0.1) is 5.82 Å². The maximum atomic E-state index is 12.8. The Kier molecular flexibility index (Phi) is 4.11. The van der Waals surface area contributed by atoms with Gasteiger partial charge in [0.15, 0.2) is 0 Å². The minimum atomic E-state index is -0.302. The Balaban J connectivity index is 2.22. The fraction of sp³-hybridized carbons (Fsp3) is 0.133. The SMILES string of the molecule is O=CC(Cc1ccc(F)cc1)c1ccccc1Cl. The van der Waals surface area contributed by atoms with Crippen molar-refractivity contribution in [3.8, 4) is 0 Å². The summed E-state index contributed by atoms with van der Waals surface area (Å²) in [6.07, 6.45) is 1.40. The summed E-state index contributed by atoms with van der Waals surface area (Å²) in [6.45, 7) is 0. The van der Waals surface area contributed by atoms with Crippen molar-refractivity contribution in [3.63, 3.8) is 0 Å². The number of carbonyl (C=O) groups excluding carboxylic acids is 1. The van der Waals surface area contributed by atoms with Crippen molar-refractivity contribution < 1.29 is 9.18 Å². The molecule has 0 aromatic heterocycles. The molecule has 3 heteroatoms. The van der Waals surface area contributed by atoms with Crippen molar-refractivity contribution in [1.82, 2.24) is 0 Å². The van der Waals surface area contributed by atoms with Crippen LogP contribution in [0.1, 0.15) is 17.0 Å².